The third-order valence-electron chi connectivity index (χ3n) is 4.09. The molecule has 0 aliphatic carbocycles. The Balaban J connectivity index is 1.63. The minimum Gasteiger partial charge on any atom is -0.497 e. The van der Waals surface area contributed by atoms with Gasteiger partial charge in [-0.1, -0.05) is 0 Å². The van der Waals surface area contributed by atoms with E-state index >= 15 is 0 Å². The van der Waals surface area contributed by atoms with Gasteiger partial charge in [-0.25, -0.2) is 15.0 Å². The van der Waals surface area contributed by atoms with Gasteiger partial charge in [0.2, 0.25) is 0 Å². The van der Waals surface area contributed by atoms with Gasteiger partial charge in [0, 0.05) is 17.0 Å². The molecule has 2 aromatic heterocycles. The summed E-state index contributed by atoms with van der Waals surface area (Å²) in [6, 6.07) is 7.63. The van der Waals surface area contributed by atoms with Gasteiger partial charge in [0.1, 0.15) is 23.1 Å². The zero-order valence-corrected chi connectivity index (χ0v) is 17.4. The van der Waals surface area contributed by atoms with Crippen molar-refractivity contribution in [2.75, 3.05) is 13.7 Å². The van der Waals surface area contributed by atoms with E-state index in [0.29, 0.717) is 24.7 Å². The summed E-state index contributed by atoms with van der Waals surface area (Å²) in [5.74, 6) is 2.86. The van der Waals surface area contributed by atoms with Crippen molar-refractivity contribution in [3.8, 4) is 17.1 Å². The predicted molar refractivity (Wildman–Crippen MR) is 112 cm³/mol. The number of thiazole rings is 1. The van der Waals surface area contributed by atoms with Crippen molar-refractivity contribution in [3.05, 3.63) is 45.7 Å². The second-order valence-corrected chi connectivity index (χ2v) is 7.42. The van der Waals surface area contributed by atoms with Gasteiger partial charge in [-0.05, 0) is 45.0 Å². The normalized spacial score (nSPS) is 11.5. The van der Waals surface area contributed by atoms with Gasteiger partial charge in [0.15, 0.2) is 11.8 Å². The molecule has 8 nitrogen and oxygen atoms in total. The predicted octanol–water partition coefficient (Wildman–Crippen LogP) is 2.81. The van der Waals surface area contributed by atoms with Gasteiger partial charge in [-0.2, -0.15) is 5.10 Å². The molecule has 0 fully saturated rings. The highest BCUT2D eigenvalue weighted by Gasteiger charge is 2.08. The average Bonchev–Trinajstić information content (AvgIpc) is 3.31. The summed E-state index contributed by atoms with van der Waals surface area (Å²) < 4.78 is 5.18. The van der Waals surface area contributed by atoms with E-state index in [0.717, 1.165) is 34.5 Å². The van der Waals surface area contributed by atoms with E-state index in [1.165, 1.54) is 4.88 Å². The lowest BCUT2D eigenvalue weighted by molar-refractivity contribution is 0.415. The summed E-state index contributed by atoms with van der Waals surface area (Å²) in [5.41, 5.74) is 2.00. The fourth-order valence-electron chi connectivity index (χ4n) is 2.51. The number of rotatable bonds is 7. The number of nitrogens with one attached hydrogen (secondary N) is 3. The molecule has 1 aromatic carbocycles. The van der Waals surface area contributed by atoms with Gasteiger partial charge in [0.05, 0.1) is 19.3 Å². The number of nitrogens with zero attached hydrogens (tertiary/aromatic N) is 4. The van der Waals surface area contributed by atoms with Gasteiger partial charge >= 0.3 is 0 Å². The quantitative estimate of drug-likeness (QED) is 0.417. The summed E-state index contributed by atoms with van der Waals surface area (Å²) in [4.78, 5) is 14.9. The van der Waals surface area contributed by atoms with Crippen molar-refractivity contribution in [3.63, 3.8) is 0 Å². The molecule has 9 heteroatoms. The molecule has 3 aromatic rings. The van der Waals surface area contributed by atoms with E-state index in [1.54, 1.807) is 18.4 Å². The molecule has 0 unspecified atom stereocenters. The Morgan fingerprint density at radius 2 is 1.96 bits per heavy atom. The lowest BCUT2D eigenvalue weighted by Crippen LogP contribution is -2.36. The Kier molecular flexibility index (Phi) is 6.59. The van der Waals surface area contributed by atoms with Crippen LogP contribution in [0.3, 0.4) is 0 Å². The van der Waals surface area contributed by atoms with E-state index < -0.39 is 0 Å². The molecule has 0 atom stereocenters. The molecule has 0 saturated heterocycles. The topological polar surface area (TPSA) is 100 Å². The molecule has 3 N–H and O–H groups in total. The van der Waals surface area contributed by atoms with Gasteiger partial charge < -0.3 is 15.4 Å². The van der Waals surface area contributed by atoms with E-state index in [2.05, 4.69) is 42.7 Å². The Labute approximate surface area is 168 Å². The summed E-state index contributed by atoms with van der Waals surface area (Å²) >= 11 is 1.70. The van der Waals surface area contributed by atoms with Crippen molar-refractivity contribution in [1.82, 2.24) is 30.8 Å². The van der Waals surface area contributed by atoms with Crippen molar-refractivity contribution in [2.24, 2.45) is 4.99 Å². The first-order valence-corrected chi connectivity index (χ1v) is 9.91. The molecule has 2 heterocycles. The summed E-state index contributed by atoms with van der Waals surface area (Å²) in [5, 5.41) is 14.8. The van der Waals surface area contributed by atoms with Crippen molar-refractivity contribution >= 4 is 17.3 Å². The Bertz CT molecular complexity index is 911. The summed E-state index contributed by atoms with van der Waals surface area (Å²) in [6.07, 6.45) is 0. The van der Waals surface area contributed by atoms with Gasteiger partial charge in [-0.15, -0.1) is 11.3 Å². The number of benzene rings is 1. The van der Waals surface area contributed by atoms with Crippen molar-refractivity contribution in [2.45, 2.75) is 33.9 Å². The molecule has 0 aliphatic heterocycles. The lowest BCUT2D eigenvalue weighted by atomic mass is 10.2. The monoisotopic (exact) mass is 399 g/mol. The number of hydrogen-bond donors (Lipinski definition) is 3. The number of methoxy groups -OCH3 is 1. The largest absolute Gasteiger partial charge is 0.497 e. The fraction of sp³-hybridized carbons (Fsp3) is 0.368. The number of aliphatic imine (C=N–C) groups is 1. The van der Waals surface area contributed by atoms with Crippen LogP contribution in [0.1, 0.15) is 28.3 Å². The minimum atomic E-state index is 0.397. The Hall–Kier alpha value is -2.94. The molecular formula is C19H25N7OS. The standard InChI is InChI=1S/C19H25N7OS/c1-5-20-19(22-11-17-23-12(2)13(3)28-17)21-10-16-24-18(26-25-16)14-6-8-15(27-4)9-7-14/h6-9H,5,10-11H2,1-4H3,(H2,20,21,22)(H,24,25,26). The number of hydrogen-bond acceptors (Lipinski definition) is 6. The van der Waals surface area contributed by atoms with E-state index in [-0.39, 0.29) is 0 Å². The van der Waals surface area contributed by atoms with Crippen LogP contribution in [-0.4, -0.2) is 39.8 Å². The Morgan fingerprint density at radius 1 is 1.18 bits per heavy atom. The third kappa shape index (κ3) is 5.07. The maximum Gasteiger partial charge on any atom is 0.192 e. The van der Waals surface area contributed by atoms with Crippen LogP contribution in [0.15, 0.2) is 29.3 Å². The fourth-order valence-corrected chi connectivity index (χ4v) is 3.38. The molecule has 148 valence electrons. The molecule has 3 rings (SSSR count). The van der Waals surface area contributed by atoms with Crippen molar-refractivity contribution in [1.29, 1.82) is 0 Å². The number of H-pyrrole nitrogens is 1. The van der Waals surface area contributed by atoms with Gasteiger partial charge in [-0.3, -0.25) is 5.10 Å². The molecule has 0 bridgehead atoms. The first kappa shape index (κ1) is 19.8. The average molecular weight is 400 g/mol. The zero-order chi connectivity index (χ0) is 19.9. The van der Waals surface area contributed by atoms with Crippen LogP contribution in [0, 0.1) is 13.8 Å². The molecule has 0 saturated carbocycles. The van der Waals surface area contributed by atoms with Crippen LogP contribution < -0.4 is 15.4 Å². The SMILES string of the molecule is CCNC(=NCc1nc(-c2ccc(OC)cc2)n[nH]1)NCc1nc(C)c(C)s1. The molecule has 0 radical (unpaired) electrons. The van der Waals surface area contributed by atoms with Crippen LogP contribution in [0.2, 0.25) is 0 Å². The van der Waals surface area contributed by atoms with E-state index in [4.69, 9.17) is 4.74 Å². The van der Waals surface area contributed by atoms with Crippen LogP contribution in [0.4, 0.5) is 0 Å². The summed E-state index contributed by atoms with van der Waals surface area (Å²) in [7, 11) is 1.64. The van der Waals surface area contributed by atoms with Crippen LogP contribution in [0.5, 0.6) is 5.75 Å². The minimum absolute atomic E-state index is 0.397. The molecule has 0 spiro atoms. The Morgan fingerprint density at radius 3 is 2.61 bits per heavy atom. The number of aromatic amines is 1. The highest BCUT2D eigenvalue weighted by molar-refractivity contribution is 7.11. The third-order valence-corrected chi connectivity index (χ3v) is 5.16. The van der Waals surface area contributed by atoms with Crippen LogP contribution >= 0.6 is 11.3 Å². The number of ether oxygens (including phenoxy) is 1. The molecule has 28 heavy (non-hydrogen) atoms. The molecule has 0 amide bonds. The highest BCUT2D eigenvalue weighted by atomic mass is 32.1. The zero-order valence-electron chi connectivity index (χ0n) is 16.5. The smallest absolute Gasteiger partial charge is 0.192 e. The number of guanidine groups is 1. The molecule has 0 aliphatic rings. The number of aromatic nitrogens is 4. The van der Waals surface area contributed by atoms with E-state index in [9.17, 15) is 0 Å². The first-order chi connectivity index (χ1) is 13.6. The molecular weight excluding hydrogens is 374 g/mol. The highest BCUT2D eigenvalue weighted by Crippen LogP contribution is 2.19. The maximum absolute atomic E-state index is 5.18. The van der Waals surface area contributed by atoms with Crippen LogP contribution in [0.25, 0.3) is 11.4 Å². The lowest BCUT2D eigenvalue weighted by Gasteiger charge is -2.09. The maximum atomic E-state index is 5.18. The summed E-state index contributed by atoms with van der Waals surface area (Å²) in [6.45, 7) is 7.95. The first-order valence-electron chi connectivity index (χ1n) is 9.09. The number of aryl methyl sites for hydroxylation is 2. The van der Waals surface area contributed by atoms with Crippen molar-refractivity contribution < 1.29 is 4.74 Å². The van der Waals surface area contributed by atoms with E-state index in [1.807, 2.05) is 38.1 Å². The second-order valence-electron chi connectivity index (χ2n) is 6.13. The second kappa shape index (κ2) is 9.32. The van der Waals surface area contributed by atoms with Gasteiger partial charge in [0.25, 0.3) is 0 Å². The van der Waals surface area contributed by atoms with Crippen LogP contribution in [-0.2, 0) is 13.1 Å².